The molecule has 0 unspecified atom stereocenters. The maximum atomic E-state index is 11.5. The van der Waals surface area contributed by atoms with E-state index >= 15 is 0 Å². The summed E-state index contributed by atoms with van der Waals surface area (Å²) in [7, 11) is 1.94. The molecular formula is C27H29ClN2O3. The number of rotatable bonds is 4. The van der Waals surface area contributed by atoms with E-state index in [0.717, 1.165) is 44.3 Å². The van der Waals surface area contributed by atoms with Crippen molar-refractivity contribution in [3.8, 4) is 22.4 Å². The third kappa shape index (κ3) is 6.44. The molecule has 0 saturated carbocycles. The fourth-order valence-electron chi connectivity index (χ4n) is 3.64. The molecule has 33 heavy (non-hydrogen) atoms. The normalized spacial score (nSPS) is 11.2. The largest absolute Gasteiger partial charge is 0.481 e. The first kappa shape index (κ1) is 24.5. The molecule has 0 bridgehead atoms. The van der Waals surface area contributed by atoms with Crippen LogP contribution in [0.1, 0.15) is 31.9 Å². The molecule has 0 spiro atoms. The minimum Gasteiger partial charge on any atom is -0.481 e. The molecule has 4 aromatic rings. The molecule has 0 radical (unpaired) electrons. The maximum Gasteiger partial charge on any atom is 0.307 e. The predicted molar refractivity (Wildman–Crippen MR) is 135 cm³/mol. The van der Waals surface area contributed by atoms with Crippen molar-refractivity contribution in [2.24, 2.45) is 7.05 Å². The van der Waals surface area contributed by atoms with Crippen molar-refractivity contribution in [1.29, 1.82) is 0 Å². The maximum absolute atomic E-state index is 11.5. The number of aryl methyl sites for hydroxylation is 2. The van der Waals surface area contributed by atoms with E-state index in [-0.39, 0.29) is 6.42 Å². The van der Waals surface area contributed by atoms with Crippen molar-refractivity contribution in [3.05, 3.63) is 77.2 Å². The number of nitrogens with zero attached hydrogens (tertiary/aromatic N) is 2. The van der Waals surface area contributed by atoms with Gasteiger partial charge in [-0.25, -0.2) is 4.98 Å². The summed E-state index contributed by atoms with van der Waals surface area (Å²) >= 11 is 6.06. The Bertz CT molecular complexity index is 1280. The van der Waals surface area contributed by atoms with Gasteiger partial charge in [-0.2, -0.15) is 0 Å². The number of fused-ring (bicyclic) bond motifs is 1. The summed E-state index contributed by atoms with van der Waals surface area (Å²) < 4.78 is 1.92. The van der Waals surface area contributed by atoms with E-state index in [1.165, 1.54) is 0 Å². The lowest BCUT2D eigenvalue weighted by atomic mass is 9.88. The van der Waals surface area contributed by atoms with E-state index in [0.29, 0.717) is 5.02 Å². The summed E-state index contributed by atoms with van der Waals surface area (Å²) in [4.78, 5) is 15.9. The quantitative estimate of drug-likeness (QED) is 0.373. The zero-order valence-electron chi connectivity index (χ0n) is 19.6. The third-order valence-electron chi connectivity index (χ3n) is 4.93. The summed E-state index contributed by atoms with van der Waals surface area (Å²) in [5.74, 6) is -0.845. The molecule has 0 aliphatic heterocycles. The van der Waals surface area contributed by atoms with E-state index in [4.69, 9.17) is 16.7 Å². The van der Waals surface area contributed by atoms with Gasteiger partial charge in [0.05, 0.1) is 24.0 Å². The first-order valence-electron chi connectivity index (χ1n) is 10.7. The molecule has 0 atom stereocenters. The van der Waals surface area contributed by atoms with E-state index in [1.807, 2.05) is 61.1 Å². The van der Waals surface area contributed by atoms with Crippen LogP contribution in [-0.2, 0) is 18.3 Å². The summed E-state index contributed by atoms with van der Waals surface area (Å²) in [5.41, 5.74) is 5.12. The Morgan fingerprint density at radius 1 is 1.06 bits per heavy atom. The van der Waals surface area contributed by atoms with E-state index < -0.39 is 11.6 Å². The Balaban J connectivity index is 0.000000555. The summed E-state index contributed by atoms with van der Waals surface area (Å²) in [6.45, 7) is 7.19. The molecule has 6 heteroatoms. The average molecular weight is 465 g/mol. The van der Waals surface area contributed by atoms with Gasteiger partial charge in [0.15, 0.2) is 0 Å². The average Bonchev–Trinajstić information content (AvgIpc) is 3.14. The Morgan fingerprint density at radius 3 is 2.21 bits per heavy atom. The van der Waals surface area contributed by atoms with E-state index in [2.05, 4.69) is 17.1 Å². The van der Waals surface area contributed by atoms with Crippen molar-refractivity contribution in [1.82, 2.24) is 9.55 Å². The Hall–Kier alpha value is -3.15. The number of hydrogen-bond acceptors (Lipinski definition) is 3. The van der Waals surface area contributed by atoms with Crippen molar-refractivity contribution in [3.63, 3.8) is 0 Å². The van der Waals surface area contributed by atoms with Crippen LogP contribution in [0.3, 0.4) is 0 Å². The van der Waals surface area contributed by atoms with Gasteiger partial charge in [0.25, 0.3) is 0 Å². The first-order valence-corrected chi connectivity index (χ1v) is 11.0. The molecule has 0 saturated heterocycles. The van der Waals surface area contributed by atoms with Crippen LogP contribution in [0.25, 0.3) is 33.2 Å². The number of hydrogen-bond donors (Lipinski definition) is 2. The second kappa shape index (κ2) is 9.77. The predicted octanol–water partition coefficient (Wildman–Crippen LogP) is 6.27. The number of carbonyl (C=O) groups is 1. The van der Waals surface area contributed by atoms with E-state index in [1.54, 1.807) is 27.1 Å². The van der Waals surface area contributed by atoms with Crippen LogP contribution >= 0.6 is 11.6 Å². The molecule has 2 N–H and O–H groups in total. The smallest absolute Gasteiger partial charge is 0.307 e. The highest BCUT2D eigenvalue weighted by molar-refractivity contribution is 6.30. The van der Waals surface area contributed by atoms with Gasteiger partial charge in [0.2, 0.25) is 0 Å². The van der Waals surface area contributed by atoms with Gasteiger partial charge in [0.1, 0.15) is 0 Å². The SMILES string of the molecule is CC(C)(C)O.Cc1cc2cc(-c3cn(C)cn3)ccc2c(-c2ccc(Cl)cc2)c1CC(=O)O. The van der Waals surface area contributed by atoms with Gasteiger partial charge >= 0.3 is 5.97 Å². The number of carboxylic acid groups (broad SMARTS) is 1. The van der Waals surface area contributed by atoms with Crippen LogP contribution in [0.4, 0.5) is 0 Å². The van der Waals surface area contributed by atoms with Crippen LogP contribution < -0.4 is 0 Å². The third-order valence-corrected chi connectivity index (χ3v) is 5.18. The Labute approximate surface area is 199 Å². The monoisotopic (exact) mass is 464 g/mol. The molecule has 3 aromatic carbocycles. The zero-order valence-corrected chi connectivity index (χ0v) is 20.3. The lowest BCUT2D eigenvalue weighted by molar-refractivity contribution is -0.136. The number of benzene rings is 3. The van der Waals surface area contributed by atoms with Crippen LogP contribution in [0.2, 0.25) is 5.02 Å². The fourth-order valence-corrected chi connectivity index (χ4v) is 3.76. The molecular weight excluding hydrogens is 436 g/mol. The molecule has 0 aliphatic rings. The number of aromatic nitrogens is 2. The molecule has 4 rings (SSSR count). The highest BCUT2D eigenvalue weighted by Gasteiger charge is 2.16. The number of aliphatic hydroxyl groups is 1. The van der Waals surface area contributed by atoms with Crippen molar-refractivity contribution in [2.45, 2.75) is 39.7 Å². The minimum atomic E-state index is -0.845. The highest BCUT2D eigenvalue weighted by atomic mass is 35.5. The number of aliphatic carboxylic acids is 1. The Kier molecular flexibility index (Phi) is 7.25. The van der Waals surface area contributed by atoms with Crippen LogP contribution in [-0.4, -0.2) is 31.3 Å². The number of imidazole rings is 1. The minimum absolute atomic E-state index is 0.0261. The first-order chi connectivity index (χ1) is 15.4. The van der Waals surface area contributed by atoms with Crippen molar-refractivity contribution >= 4 is 28.3 Å². The van der Waals surface area contributed by atoms with Crippen LogP contribution in [0, 0.1) is 6.92 Å². The second-order valence-corrected chi connectivity index (χ2v) is 9.59. The second-order valence-electron chi connectivity index (χ2n) is 9.16. The molecule has 1 heterocycles. The van der Waals surface area contributed by atoms with Gasteiger partial charge in [-0.05, 0) is 78.9 Å². The Morgan fingerprint density at radius 2 is 1.67 bits per heavy atom. The molecule has 5 nitrogen and oxygen atoms in total. The van der Waals surface area contributed by atoms with Crippen LogP contribution in [0.5, 0.6) is 0 Å². The summed E-state index contributed by atoms with van der Waals surface area (Å²) in [6, 6.07) is 15.8. The van der Waals surface area contributed by atoms with Gasteiger partial charge < -0.3 is 14.8 Å². The van der Waals surface area contributed by atoms with Gasteiger partial charge in [-0.15, -0.1) is 0 Å². The van der Waals surface area contributed by atoms with E-state index in [9.17, 15) is 9.90 Å². The van der Waals surface area contributed by atoms with Gasteiger partial charge in [0, 0.05) is 23.8 Å². The molecule has 1 aromatic heterocycles. The van der Waals surface area contributed by atoms with Gasteiger partial charge in [-0.1, -0.05) is 41.9 Å². The topological polar surface area (TPSA) is 75.3 Å². The highest BCUT2D eigenvalue weighted by Crippen LogP contribution is 2.37. The summed E-state index contributed by atoms with van der Waals surface area (Å²) in [5, 5.41) is 20.7. The van der Waals surface area contributed by atoms with Crippen LogP contribution in [0.15, 0.2) is 61.1 Å². The number of halogens is 1. The summed E-state index contributed by atoms with van der Waals surface area (Å²) in [6.07, 6.45) is 3.73. The standard InChI is InChI=1S/C23H19ClN2O2.C4H10O/c1-14-9-17-10-16(21-12-26(2)13-25-21)5-8-19(17)23(20(14)11-22(27)28)15-3-6-18(24)7-4-15;1-4(2,3)5/h3-10,12-13H,11H2,1-2H3,(H,27,28);5H,1-3H3. The lowest BCUT2D eigenvalue weighted by Gasteiger charge is -2.16. The van der Waals surface area contributed by atoms with Gasteiger partial charge in [-0.3, -0.25) is 4.79 Å². The molecule has 172 valence electrons. The molecule has 0 fully saturated rings. The molecule has 0 amide bonds. The zero-order chi connectivity index (χ0) is 24.3. The van der Waals surface area contributed by atoms with Crippen molar-refractivity contribution < 1.29 is 15.0 Å². The number of carboxylic acids is 1. The lowest BCUT2D eigenvalue weighted by Crippen LogP contribution is -2.10. The fraction of sp³-hybridized carbons (Fsp3) is 0.259. The van der Waals surface area contributed by atoms with Crippen molar-refractivity contribution in [2.75, 3.05) is 0 Å². The molecule has 0 aliphatic carbocycles.